The third-order valence-corrected chi connectivity index (χ3v) is 7.08. The van der Waals surface area contributed by atoms with Crippen LogP contribution >= 0.6 is 11.3 Å². The van der Waals surface area contributed by atoms with E-state index in [2.05, 4.69) is 5.32 Å². The normalized spacial score (nSPS) is 16.0. The van der Waals surface area contributed by atoms with E-state index < -0.39 is 40.5 Å². The highest BCUT2D eigenvalue weighted by molar-refractivity contribution is 7.91. The molecule has 2 rings (SSSR count). The molecule has 0 radical (unpaired) electrons. The van der Waals surface area contributed by atoms with Crippen molar-refractivity contribution in [2.75, 3.05) is 26.2 Å². The Balaban J connectivity index is 1.78. The maximum atomic E-state index is 12.4. The first-order valence-electron chi connectivity index (χ1n) is 8.12. The Morgan fingerprint density at radius 3 is 2.58 bits per heavy atom. The summed E-state index contributed by atoms with van der Waals surface area (Å²) < 4.78 is 31.4. The lowest BCUT2D eigenvalue weighted by molar-refractivity contribution is -0.153. The van der Waals surface area contributed by atoms with Crippen molar-refractivity contribution < 1.29 is 27.5 Å². The van der Waals surface area contributed by atoms with Crippen LogP contribution in [-0.4, -0.2) is 56.9 Å². The van der Waals surface area contributed by atoms with Crippen LogP contribution in [0.25, 0.3) is 0 Å². The van der Waals surface area contributed by atoms with Gasteiger partial charge in [0, 0.05) is 19.6 Å². The fourth-order valence-corrected chi connectivity index (χ4v) is 5.11. The van der Waals surface area contributed by atoms with Crippen LogP contribution in [0.4, 0.5) is 4.79 Å². The number of rotatable bonds is 6. The summed E-state index contributed by atoms with van der Waals surface area (Å²) in [5.74, 6) is -1.76. The van der Waals surface area contributed by atoms with Crippen molar-refractivity contribution in [3.63, 3.8) is 0 Å². The largest absolute Gasteiger partial charge is 0.455 e. The Morgan fingerprint density at radius 1 is 1.31 bits per heavy atom. The van der Waals surface area contributed by atoms with Gasteiger partial charge in [0.2, 0.25) is 0 Å². The van der Waals surface area contributed by atoms with E-state index in [0.29, 0.717) is 19.4 Å². The summed E-state index contributed by atoms with van der Waals surface area (Å²) in [6, 6.07) is 2.57. The number of thiophene rings is 1. The van der Waals surface area contributed by atoms with Crippen LogP contribution in [0.5, 0.6) is 0 Å². The number of carbonyl (C=O) groups excluding carboxylic acids is 3. The number of nitrogens with one attached hydrogen (secondary N) is 2. The lowest BCUT2D eigenvalue weighted by Crippen LogP contribution is -2.42. The monoisotopic (exact) mass is 403 g/mol. The van der Waals surface area contributed by atoms with Gasteiger partial charge in [-0.2, -0.15) is 4.31 Å². The van der Waals surface area contributed by atoms with E-state index in [1.54, 1.807) is 24.4 Å². The molecule has 0 unspecified atom stereocenters. The SMILES string of the molecule is CCNC(=O)NC(=O)COC(=O)C1CCN(S(=O)(=O)c2cccs2)CC1. The Bertz CT molecular complexity index is 739. The van der Waals surface area contributed by atoms with Crippen LogP contribution in [0, 0.1) is 5.92 Å². The molecule has 1 aromatic rings. The predicted octanol–water partition coefficient (Wildman–Crippen LogP) is 0.538. The standard InChI is InChI=1S/C15H21N3O6S2/c1-2-16-15(21)17-12(19)10-24-14(20)11-5-7-18(8-6-11)26(22,23)13-4-3-9-25-13/h3-4,9,11H,2,5-8,10H2,1H3,(H2,16,17,19,21). The molecule has 26 heavy (non-hydrogen) atoms. The molecule has 11 heteroatoms. The lowest BCUT2D eigenvalue weighted by Gasteiger charge is -2.29. The first-order chi connectivity index (χ1) is 12.3. The number of hydrogen-bond donors (Lipinski definition) is 2. The van der Waals surface area contributed by atoms with Gasteiger partial charge in [-0.05, 0) is 31.2 Å². The molecule has 3 amide bonds. The summed E-state index contributed by atoms with van der Waals surface area (Å²) in [5.41, 5.74) is 0. The molecule has 0 saturated carbocycles. The number of piperidine rings is 1. The fourth-order valence-electron chi connectivity index (χ4n) is 2.49. The molecule has 1 fully saturated rings. The van der Waals surface area contributed by atoms with Gasteiger partial charge in [0.25, 0.3) is 15.9 Å². The number of nitrogens with zero attached hydrogens (tertiary/aromatic N) is 1. The number of urea groups is 1. The summed E-state index contributed by atoms with van der Waals surface area (Å²) in [6.45, 7) is 1.95. The van der Waals surface area contributed by atoms with E-state index in [1.807, 2.05) is 5.32 Å². The van der Waals surface area contributed by atoms with Crippen LogP contribution < -0.4 is 10.6 Å². The average molecular weight is 403 g/mol. The highest BCUT2D eigenvalue weighted by Crippen LogP contribution is 2.26. The van der Waals surface area contributed by atoms with E-state index in [9.17, 15) is 22.8 Å². The third-order valence-electron chi connectivity index (χ3n) is 3.81. The topological polar surface area (TPSA) is 122 Å². The van der Waals surface area contributed by atoms with Gasteiger partial charge >= 0.3 is 12.0 Å². The molecule has 1 aliphatic rings. The molecule has 9 nitrogen and oxygen atoms in total. The molecule has 1 aromatic heterocycles. The van der Waals surface area contributed by atoms with Crippen LogP contribution in [-0.2, 0) is 24.3 Å². The van der Waals surface area contributed by atoms with Gasteiger partial charge < -0.3 is 10.1 Å². The molecule has 0 bridgehead atoms. The highest BCUT2D eigenvalue weighted by Gasteiger charge is 2.33. The lowest BCUT2D eigenvalue weighted by atomic mass is 9.98. The second-order valence-corrected chi connectivity index (χ2v) is 8.74. The van der Waals surface area contributed by atoms with Gasteiger partial charge in [0.1, 0.15) is 4.21 Å². The Hall–Kier alpha value is -1.98. The number of imide groups is 1. The molecular weight excluding hydrogens is 382 g/mol. The maximum absolute atomic E-state index is 12.4. The van der Waals surface area contributed by atoms with Gasteiger partial charge in [-0.15, -0.1) is 11.3 Å². The highest BCUT2D eigenvalue weighted by atomic mass is 32.2. The molecule has 1 saturated heterocycles. The average Bonchev–Trinajstić information content (AvgIpc) is 3.15. The minimum Gasteiger partial charge on any atom is -0.455 e. The minimum atomic E-state index is -3.52. The zero-order chi connectivity index (χ0) is 19.2. The van der Waals surface area contributed by atoms with E-state index in [1.165, 1.54) is 4.31 Å². The molecule has 0 spiro atoms. The molecule has 2 heterocycles. The van der Waals surface area contributed by atoms with Crippen LogP contribution in [0.3, 0.4) is 0 Å². The number of esters is 1. The number of amides is 3. The third kappa shape index (κ3) is 5.26. The Labute approximate surface area is 155 Å². The van der Waals surface area contributed by atoms with Gasteiger partial charge in [0.05, 0.1) is 5.92 Å². The van der Waals surface area contributed by atoms with Crippen LogP contribution in [0.15, 0.2) is 21.7 Å². The minimum absolute atomic E-state index is 0.213. The smallest absolute Gasteiger partial charge is 0.321 e. The number of ether oxygens (including phenoxy) is 1. The predicted molar refractivity (Wildman–Crippen MR) is 94.0 cm³/mol. The summed E-state index contributed by atoms with van der Waals surface area (Å²) in [5, 5.41) is 6.11. The van der Waals surface area contributed by atoms with E-state index in [0.717, 1.165) is 11.3 Å². The number of carbonyl (C=O) groups is 3. The van der Waals surface area contributed by atoms with Gasteiger partial charge in [0.15, 0.2) is 6.61 Å². The van der Waals surface area contributed by atoms with Crippen molar-refractivity contribution in [2.24, 2.45) is 5.92 Å². The molecule has 144 valence electrons. The Kier molecular flexibility index (Phi) is 7.12. The van der Waals surface area contributed by atoms with Gasteiger partial charge in [-0.1, -0.05) is 6.07 Å². The summed E-state index contributed by atoms with van der Waals surface area (Å²) in [4.78, 5) is 34.7. The maximum Gasteiger partial charge on any atom is 0.321 e. The van der Waals surface area contributed by atoms with E-state index >= 15 is 0 Å². The quantitative estimate of drug-likeness (QED) is 0.669. The zero-order valence-electron chi connectivity index (χ0n) is 14.3. The van der Waals surface area contributed by atoms with E-state index in [-0.39, 0.29) is 17.3 Å². The van der Waals surface area contributed by atoms with Crippen LogP contribution in [0.1, 0.15) is 19.8 Å². The fraction of sp³-hybridized carbons (Fsp3) is 0.533. The van der Waals surface area contributed by atoms with Gasteiger partial charge in [-0.3, -0.25) is 14.9 Å². The zero-order valence-corrected chi connectivity index (χ0v) is 15.9. The van der Waals surface area contributed by atoms with Crippen LogP contribution in [0.2, 0.25) is 0 Å². The summed E-state index contributed by atoms with van der Waals surface area (Å²) in [6.07, 6.45) is 0.642. The molecule has 0 aromatic carbocycles. The van der Waals surface area contributed by atoms with Crippen molar-refractivity contribution >= 4 is 39.3 Å². The van der Waals surface area contributed by atoms with Crippen molar-refractivity contribution in [3.8, 4) is 0 Å². The number of sulfonamides is 1. The van der Waals surface area contributed by atoms with Crippen molar-refractivity contribution in [3.05, 3.63) is 17.5 Å². The van der Waals surface area contributed by atoms with Crippen molar-refractivity contribution in [1.29, 1.82) is 0 Å². The molecule has 2 N–H and O–H groups in total. The molecule has 0 atom stereocenters. The Morgan fingerprint density at radius 2 is 2.00 bits per heavy atom. The van der Waals surface area contributed by atoms with Crippen molar-refractivity contribution in [2.45, 2.75) is 24.0 Å². The first kappa shape index (κ1) is 20.3. The summed E-state index contributed by atoms with van der Waals surface area (Å²) >= 11 is 1.15. The second kappa shape index (κ2) is 9.10. The van der Waals surface area contributed by atoms with Crippen molar-refractivity contribution in [1.82, 2.24) is 14.9 Å². The molecule has 1 aliphatic heterocycles. The second-order valence-electron chi connectivity index (χ2n) is 5.63. The number of hydrogen-bond acceptors (Lipinski definition) is 7. The molecule has 0 aliphatic carbocycles. The van der Waals surface area contributed by atoms with Gasteiger partial charge in [-0.25, -0.2) is 13.2 Å². The first-order valence-corrected chi connectivity index (χ1v) is 10.4. The summed E-state index contributed by atoms with van der Waals surface area (Å²) in [7, 11) is -3.52. The van der Waals surface area contributed by atoms with E-state index in [4.69, 9.17) is 4.74 Å². The molecular formula is C15H21N3O6S2.